The summed E-state index contributed by atoms with van der Waals surface area (Å²) in [5, 5.41) is 3.56. The smallest absolute Gasteiger partial charge is 0.350 e. The van der Waals surface area contributed by atoms with Crippen LogP contribution in [0.4, 0.5) is 5.69 Å². The third-order valence-corrected chi connectivity index (χ3v) is 3.90. The third-order valence-electron chi connectivity index (χ3n) is 3.65. The zero-order chi connectivity index (χ0) is 19.4. The first-order chi connectivity index (χ1) is 12.8. The van der Waals surface area contributed by atoms with Gasteiger partial charge in [0.25, 0.3) is 5.79 Å². The second-order valence-corrected chi connectivity index (χ2v) is 6.76. The van der Waals surface area contributed by atoms with E-state index >= 15 is 0 Å². The van der Waals surface area contributed by atoms with E-state index in [-0.39, 0.29) is 5.57 Å². The molecule has 1 aliphatic heterocycles. The largest absolute Gasteiger partial charge is 0.489 e. The predicted molar refractivity (Wildman–Crippen MR) is 100 cm³/mol. The predicted octanol–water partition coefficient (Wildman–Crippen LogP) is 4.05. The van der Waals surface area contributed by atoms with Gasteiger partial charge in [0.2, 0.25) is 0 Å². The Morgan fingerprint density at radius 3 is 2.41 bits per heavy atom. The first-order valence-corrected chi connectivity index (χ1v) is 8.61. The maximum absolute atomic E-state index is 11.9. The van der Waals surface area contributed by atoms with Crippen molar-refractivity contribution in [2.24, 2.45) is 0 Å². The summed E-state index contributed by atoms with van der Waals surface area (Å²) < 4.78 is 15.8. The van der Waals surface area contributed by atoms with Crippen molar-refractivity contribution in [3.63, 3.8) is 0 Å². The zero-order valence-corrected chi connectivity index (χ0v) is 15.6. The number of hydrogen-bond donors (Lipinski definition) is 1. The molecule has 1 saturated heterocycles. The summed E-state index contributed by atoms with van der Waals surface area (Å²) in [6.07, 6.45) is 1.28. The number of ether oxygens (including phenoxy) is 3. The first-order valence-electron chi connectivity index (χ1n) is 8.23. The standard InChI is InChI=1S/C20H18ClNO5/c1-20(2)26-18(23)17(19(24)27-20)11-22-15-5-3-4-13(10-15)12-25-16-8-6-14(21)7-9-16/h3-11,22H,12H2,1-2H3. The van der Waals surface area contributed by atoms with Crippen LogP contribution in [0.1, 0.15) is 19.4 Å². The van der Waals surface area contributed by atoms with Crippen LogP contribution in [0.3, 0.4) is 0 Å². The minimum absolute atomic E-state index is 0.197. The molecule has 0 aromatic heterocycles. The lowest BCUT2D eigenvalue weighted by Crippen LogP contribution is -2.42. The van der Waals surface area contributed by atoms with Crippen molar-refractivity contribution in [3.8, 4) is 5.75 Å². The number of cyclic esters (lactones) is 2. The summed E-state index contributed by atoms with van der Waals surface area (Å²) >= 11 is 5.85. The average Bonchev–Trinajstić information content (AvgIpc) is 2.60. The summed E-state index contributed by atoms with van der Waals surface area (Å²) in [6, 6.07) is 14.5. The van der Waals surface area contributed by atoms with Gasteiger partial charge in [0, 0.05) is 30.8 Å². The SMILES string of the molecule is CC1(C)OC(=O)C(=CNc2cccc(COc3ccc(Cl)cc3)c2)C(=O)O1. The molecule has 27 heavy (non-hydrogen) atoms. The molecule has 1 fully saturated rings. The maximum atomic E-state index is 11.9. The van der Waals surface area contributed by atoms with Gasteiger partial charge in [-0.2, -0.15) is 0 Å². The zero-order valence-electron chi connectivity index (χ0n) is 14.8. The van der Waals surface area contributed by atoms with Crippen molar-refractivity contribution in [3.05, 3.63) is 70.9 Å². The molecular formula is C20H18ClNO5. The Labute approximate surface area is 161 Å². The molecule has 6 nitrogen and oxygen atoms in total. The van der Waals surface area contributed by atoms with Crippen LogP contribution in [0.15, 0.2) is 60.3 Å². The van der Waals surface area contributed by atoms with E-state index in [1.54, 1.807) is 30.3 Å². The number of hydrogen-bond acceptors (Lipinski definition) is 6. The molecule has 1 aliphatic rings. The molecule has 2 aromatic carbocycles. The van der Waals surface area contributed by atoms with Gasteiger partial charge in [-0.15, -0.1) is 0 Å². The van der Waals surface area contributed by atoms with Crippen LogP contribution in [0.2, 0.25) is 5.02 Å². The molecule has 0 spiro atoms. The Morgan fingerprint density at radius 2 is 1.74 bits per heavy atom. The van der Waals surface area contributed by atoms with E-state index in [0.29, 0.717) is 23.1 Å². The molecule has 0 bridgehead atoms. The highest BCUT2D eigenvalue weighted by Crippen LogP contribution is 2.23. The lowest BCUT2D eigenvalue weighted by Gasteiger charge is -2.29. The number of benzene rings is 2. The lowest BCUT2D eigenvalue weighted by molar-refractivity contribution is -0.222. The van der Waals surface area contributed by atoms with Crippen LogP contribution >= 0.6 is 11.6 Å². The van der Waals surface area contributed by atoms with Crippen LogP contribution in [0.25, 0.3) is 0 Å². The maximum Gasteiger partial charge on any atom is 0.350 e. The second-order valence-electron chi connectivity index (χ2n) is 6.32. The van der Waals surface area contributed by atoms with Crippen LogP contribution in [-0.2, 0) is 25.7 Å². The second kappa shape index (κ2) is 7.72. The highest BCUT2D eigenvalue weighted by molar-refractivity contribution is 6.30. The summed E-state index contributed by atoms with van der Waals surface area (Å²) in [7, 11) is 0. The van der Waals surface area contributed by atoms with Crippen LogP contribution in [0, 0.1) is 0 Å². The molecule has 140 valence electrons. The highest BCUT2D eigenvalue weighted by atomic mass is 35.5. The molecule has 0 saturated carbocycles. The number of anilines is 1. The molecule has 1 heterocycles. The summed E-state index contributed by atoms with van der Waals surface area (Å²) in [4.78, 5) is 23.9. The molecule has 2 aromatic rings. The minimum Gasteiger partial charge on any atom is -0.489 e. The van der Waals surface area contributed by atoms with Crippen molar-refractivity contribution in [1.82, 2.24) is 0 Å². The van der Waals surface area contributed by atoms with Crippen LogP contribution < -0.4 is 10.1 Å². The van der Waals surface area contributed by atoms with E-state index in [0.717, 1.165) is 5.56 Å². The third kappa shape index (κ3) is 5.01. The Bertz CT molecular complexity index is 868. The molecular weight excluding hydrogens is 370 g/mol. The fraction of sp³-hybridized carbons (Fsp3) is 0.200. The van der Waals surface area contributed by atoms with Crippen molar-refractivity contribution in [2.75, 3.05) is 5.32 Å². The fourth-order valence-corrected chi connectivity index (χ4v) is 2.51. The Balaban J connectivity index is 1.64. The number of carbonyl (C=O) groups excluding carboxylic acids is 2. The summed E-state index contributed by atoms with van der Waals surface area (Å²) in [5.74, 6) is -2.02. The number of nitrogens with one attached hydrogen (secondary N) is 1. The van der Waals surface area contributed by atoms with E-state index < -0.39 is 17.7 Å². The van der Waals surface area contributed by atoms with Crippen LogP contribution in [-0.4, -0.2) is 17.7 Å². The molecule has 3 rings (SSSR count). The quantitative estimate of drug-likeness (QED) is 0.474. The number of halogens is 1. The van der Waals surface area contributed by atoms with Gasteiger partial charge in [-0.1, -0.05) is 23.7 Å². The van der Waals surface area contributed by atoms with Crippen molar-refractivity contribution in [1.29, 1.82) is 0 Å². The average molecular weight is 388 g/mol. The minimum atomic E-state index is -1.26. The van der Waals surface area contributed by atoms with E-state index in [1.165, 1.54) is 20.0 Å². The highest BCUT2D eigenvalue weighted by Gasteiger charge is 2.38. The number of esters is 2. The van der Waals surface area contributed by atoms with E-state index in [2.05, 4.69) is 5.32 Å². The molecule has 0 amide bonds. The summed E-state index contributed by atoms with van der Waals surface area (Å²) in [5.41, 5.74) is 1.39. The van der Waals surface area contributed by atoms with Crippen molar-refractivity contribution >= 4 is 29.2 Å². The van der Waals surface area contributed by atoms with Gasteiger partial charge in [0.15, 0.2) is 5.57 Å². The van der Waals surface area contributed by atoms with Gasteiger partial charge in [0.05, 0.1) is 0 Å². The van der Waals surface area contributed by atoms with E-state index in [1.807, 2.05) is 18.2 Å². The van der Waals surface area contributed by atoms with Gasteiger partial charge in [-0.25, -0.2) is 9.59 Å². The topological polar surface area (TPSA) is 73.9 Å². The summed E-state index contributed by atoms with van der Waals surface area (Å²) in [6.45, 7) is 3.35. The van der Waals surface area contributed by atoms with E-state index in [9.17, 15) is 9.59 Å². The molecule has 0 unspecified atom stereocenters. The molecule has 7 heteroatoms. The van der Waals surface area contributed by atoms with Gasteiger partial charge in [-0.05, 0) is 42.0 Å². The monoisotopic (exact) mass is 387 g/mol. The van der Waals surface area contributed by atoms with Gasteiger partial charge < -0.3 is 19.5 Å². The lowest BCUT2D eigenvalue weighted by atomic mass is 10.2. The Kier molecular flexibility index (Phi) is 5.37. The molecule has 0 atom stereocenters. The van der Waals surface area contributed by atoms with Crippen molar-refractivity contribution < 1.29 is 23.8 Å². The van der Waals surface area contributed by atoms with E-state index in [4.69, 9.17) is 25.8 Å². The molecule has 0 aliphatic carbocycles. The van der Waals surface area contributed by atoms with Crippen molar-refractivity contribution in [2.45, 2.75) is 26.2 Å². The number of carbonyl (C=O) groups is 2. The molecule has 0 radical (unpaired) electrons. The van der Waals surface area contributed by atoms with Gasteiger partial charge >= 0.3 is 11.9 Å². The first kappa shape index (κ1) is 18.8. The van der Waals surface area contributed by atoms with Crippen LogP contribution in [0.5, 0.6) is 5.75 Å². The molecule has 1 N–H and O–H groups in total. The number of rotatable bonds is 5. The fourth-order valence-electron chi connectivity index (χ4n) is 2.38. The normalized spacial score (nSPS) is 15.6. The van der Waals surface area contributed by atoms with Gasteiger partial charge in [0.1, 0.15) is 12.4 Å². The Morgan fingerprint density at radius 1 is 1.07 bits per heavy atom. The Hall–Kier alpha value is -2.99. The van der Waals surface area contributed by atoms with Gasteiger partial charge in [-0.3, -0.25) is 0 Å².